The van der Waals surface area contributed by atoms with Crippen molar-refractivity contribution in [3.05, 3.63) is 70.8 Å². The first-order chi connectivity index (χ1) is 16.4. The summed E-state index contributed by atoms with van der Waals surface area (Å²) in [4.78, 5) is 64.7. The lowest BCUT2D eigenvalue weighted by Crippen LogP contribution is -2.54. The van der Waals surface area contributed by atoms with Gasteiger partial charge in [0.25, 0.3) is 17.7 Å². The molecule has 0 bridgehead atoms. The lowest BCUT2D eigenvalue weighted by atomic mass is 9.82. The molecule has 0 aromatic heterocycles. The van der Waals surface area contributed by atoms with E-state index in [1.807, 2.05) is 30.3 Å². The van der Waals surface area contributed by atoms with Crippen LogP contribution in [-0.4, -0.2) is 53.7 Å². The van der Waals surface area contributed by atoms with Gasteiger partial charge in [-0.3, -0.25) is 34.2 Å². The number of ether oxygens (including phenoxy) is 1. The first-order valence-corrected chi connectivity index (χ1v) is 11.2. The third kappa shape index (κ3) is 3.58. The molecule has 3 heterocycles. The zero-order chi connectivity index (χ0) is 23.9. The van der Waals surface area contributed by atoms with E-state index in [-0.39, 0.29) is 29.5 Å². The highest BCUT2D eigenvalue weighted by Crippen LogP contribution is 2.34. The summed E-state index contributed by atoms with van der Waals surface area (Å²) in [5.74, 6) is -2.97. The maximum atomic E-state index is 13.5. The van der Waals surface area contributed by atoms with Crippen LogP contribution in [0, 0.1) is 0 Å². The average molecular weight is 461 g/mol. The topological polar surface area (TPSA) is 122 Å². The highest BCUT2D eigenvalue weighted by atomic mass is 16.5. The minimum atomic E-state index is -1.09. The fourth-order valence-corrected chi connectivity index (χ4v) is 4.95. The van der Waals surface area contributed by atoms with E-state index < -0.39 is 41.1 Å². The fraction of sp³-hybridized carbons (Fsp3) is 0.320. The van der Waals surface area contributed by atoms with Crippen LogP contribution in [0.5, 0.6) is 0 Å². The van der Waals surface area contributed by atoms with Gasteiger partial charge >= 0.3 is 0 Å². The van der Waals surface area contributed by atoms with E-state index in [4.69, 9.17) is 4.74 Å². The summed E-state index contributed by atoms with van der Waals surface area (Å²) < 4.78 is 5.52. The summed E-state index contributed by atoms with van der Waals surface area (Å²) in [7, 11) is 0. The van der Waals surface area contributed by atoms with Gasteiger partial charge in [0.1, 0.15) is 6.04 Å². The number of rotatable bonds is 4. The van der Waals surface area contributed by atoms with Gasteiger partial charge < -0.3 is 10.1 Å². The second kappa shape index (κ2) is 8.49. The Balaban J connectivity index is 1.48. The van der Waals surface area contributed by atoms with Gasteiger partial charge in [-0.2, -0.15) is 0 Å². The minimum Gasteiger partial charge on any atom is -0.381 e. The Bertz CT molecular complexity index is 1200. The molecule has 9 nitrogen and oxygen atoms in total. The molecule has 5 rings (SSSR count). The number of carbonyl (C=O) groups excluding carboxylic acids is 5. The molecule has 2 N–H and O–H groups in total. The van der Waals surface area contributed by atoms with Gasteiger partial charge in [-0.25, -0.2) is 0 Å². The molecular weight excluding hydrogens is 438 g/mol. The molecule has 1 atom stereocenters. The number of benzene rings is 2. The summed E-state index contributed by atoms with van der Waals surface area (Å²) in [6, 6.07) is 13.0. The highest BCUT2D eigenvalue weighted by Gasteiger charge is 2.46. The van der Waals surface area contributed by atoms with Gasteiger partial charge in [-0.1, -0.05) is 36.4 Å². The number of fused-ring (bicyclic) bond motifs is 1. The normalized spacial score (nSPS) is 21.8. The maximum absolute atomic E-state index is 13.5. The molecule has 34 heavy (non-hydrogen) atoms. The number of imide groups is 2. The zero-order valence-electron chi connectivity index (χ0n) is 18.3. The van der Waals surface area contributed by atoms with Crippen LogP contribution in [0.15, 0.2) is 48.5 Å². The van der Waals surface area contributed by atoms with Crippen molar-refractivity contribution in [1.29, 1.82) is 0 Å². The number of hydrogen-bond acceptors (Lipinski definition) is 6. The molecule has 0 aliphatic carbocycles. The van der Waals surface area contributed by atoms with Gasteiger partial charge in [0.2, 0.25) is 11.8 Å². The zero-order valence-corrected chi connectivity index (χ0v) is 18.3. The van der Waals surface area contributed by atoms with E-state index in [0.29, 0.717) is 26.1 Å². The van der Waals surface area contributed by atoms with E-state index in [0.717, 1.165) is 10.5 Å². The van der Waals surface area contributed by atoms with E-state index >= 15 is 0 Å². The summed E-state index contributed by atoms with van der Waals surface area (Å²) >= 11 is 0. The van der Waals surface area contributed by atoms with Gasteiger partial charge in [0.15, 0.2) is 0 Å². The van der Waals surface area contributed by atoms with Crippen molar-refractivity contribution >= 4 is 29.5 Å². The van der Waals surface area contributed by atoms with Gasteiger partial charge in [0.05, 0.1) is 22.2 Å². The number of nitrogens with zero attached hydrogens (tertiary/aromatic N) is 1. The number of nitrogens with one attached hydrogen (secondary N) is 2. The molecule has 2 aromatic rings. The van der Waals surface area contributed by atoms with E-state index in [1.165, 1.54) is 12.1 Å². The molecule has 0 spiro atoms. The van der Waals surface area contributed by atoms with Crippen molar-refractivity contribution in [1.82, 2.24) is 15.5 Å². The van der Waals surface area contributed by atoms with E-state index in [9.17, 15) is 24.0 Å². The summed E-state index contributed by atoms with van der Waals surface area (Å²) in [6.45, 7) is 0.950. The van der Waals surface area contributed by atoms with Crippen molar-refractivity contribution < 1.29 is 28.7 Å². The second-order valence-corrected chi connectivity index (χ2v) is 8.69. The van der Waals surface area contributed by atoms with Crippen LogP contribution in [0.2, 0.25) is 0 Å². The Kier molecular flexibility index (Phi) is 5.49. The second-order valence-electron chi connectivity index (χ2n) is 8.69. The Hall–Kier alpha value is -3.85. The maximum Gasteiger partial charge on any atom is 0.263 e. The van der Waals surface area contributed by atoms with Crippen molar-refractivity contribution in [2.24, 2.45) is 0 Å². The summed E-state index contributed by atoms with van der Waals surface area (Å²) in [5, 5.41) is 5.29. The van der Waals surface area contributed by atoms with Crippen molar-refractivity contribution in [2.45, 2.75) is 37.3 Å². The molecule has 0 radical (unpaired) electrons. The summed E-state index contributed by atoms with van der Waals surface area (Å²) in [6.07, 6.45) is 1.20. The van der Waals surface area contributed by atoms with Crippen LogP contribution in [-0.2, 0) is 19.9 Å². The molecule has 2 saturated heterocycles. The molecular formula is C25H23N3O6. The van der Waals surface area contributed by atoms with Crippen LogP contribution < -0.4 is 10.6 Å². The van der Waals surface area contributed by atoms with Gasteiger partial charge in [0, 0.05) is 19.6 Å². The van der Waals surface area contributed by atoms with Gasteiger partial charge in [-0.05, 0) is 37.0 Å². The van der Waals surface area contributed by atoms with Crippen LogP contribution in [0.3, 0.4) is 0 Å². The molecule has 2 fully saturated rings. The number of hydrogen-bond donors (Lipinski definition) is 2. The smallest absolute Gasteiger partial charge is 0.263 e. The fourth-order valence-electron chi connectivity index (χ4n) is 4.95. The number of amides is 5. The number of piperidine rings is 1. The molecule has 5 amide bonds. The minimum absolute atomic E-state index is 0.0232. The first kappa shape index (κ1) is 22.0. The Morgan fingerprint density at radius 1 is 0.971 bits per heavy atom. The van der Waals surface area contributed by atoms with Crippen LogP contribution >= 0.6 is 0 Å². The van der Waals surface area contributed by atoms with Gasteiger partial charge in [-0.15, -0.1) is 0 Å². The highest BCUT2D eigenvalue weighted by molar-refractivity contribution is 6.26. The van der Waals surface area contributed by atoms with Crippen molar-refractivity contribution in [3.63, 3.8) is 0 Å². The van der Waals surface area contributed by atoms with Crippen LogP contribution in [0.4, 0.5) is 0 Å². The van der Waals surface area contributed by atoms with Crippen LogP contribution in [0.25, 0.3) is 0 Å². The largest absolute Gasteiger partial charge is 0.381 e. The van der Waals surface area contributed by atoms with Crippen molar-refractivity contribution in [3.8, 4) is 0 Å². The van der Waals surface area contributed by atoms with E-state index in [1.54, 1.807) is 6.07 Å². The SMILES string of the molecule is O=C1CCC(N2C(=O)c3cccc(C(=O)NC4(c5ccccc5)CCOCC4)c3C2=O)C(=O)N1. The number of carbonyl (C=O) groups is 5. The quantitative estimate of drug-likeness (QED) is 0.666. The third-order valence-corrected chi connectivity index (χ3v) is 6.74. The average Bonchev–Trinajstić information content (AvgIpc) is 3.10. The summed E-state index contributed by atoms with van der Waals surface area (Å²) in [5.41, 5.74) is 0.390. The van der Waals surface area contributed by atoms with E-state index in [2.05, 4.69) is 10.6 Å². The lowest BCUT2D eigenvalue weighted by molar-refractivity contribution is -0.136. The monoisotopic (exact) mass is 461 g/mol. The molecule has 3 aliphatic rings. The lowest BCUT2D eigenvalue weighted by Gasteiger charge is -2.38. The molecule has 9 heteroatoms. The molecule has 1 unspecified atom stereocenters. The molecule has 174 valence electrons. The first-order valence-electron chi connectivity index (χ1n) is 11.2. The van der Waals surface area contributed by atoms with Crippen LogP contribution in [0.1, 0.15) is 62.3 Å². The third-order valence-electron chi connectivity index (χ3n) is 6.74. The Morgan fingerprint density at radius 2 is 1.71 bits per heavy atom. The standard InChI is InChI=1S/C25H23N3O6/c29-19-10-9-18(22(31)26-19)28-23(32)17-8-4-7-16(20(17)24(28)33)21(30)27-25(11-13-34-14-12-25)15-5-2-1-3-6-15/h1-8,18H,9-14H2,(H,27,30)(H,26,29,31). The molecule has 3 aliphatic heterocycles. The molecule has 0 saturated carbocycles. The Morgan fingerprint density at radius 3 is 2.41 bits per heavy atom. The Labute approximate surface area is 195 Å². The predicted molar refractivity (Wildman–Crippen MR) is 119 cm³/mol. The van der Waals surface area contributed by atoms with Crippen molar-refractivity contribution in [2.75, 3.05) is 13.2 Å². The molecule has 2 aromatic carbocycles. The predicted octanol–water partition coefficient (Wildman–Crippen LogP) is 1.52.